The lowest BCUT2D eigenvalue weighted by molar-refractivity contribution is 0.578. The standard InChI is InChI=1S/C16H16F2N2/c17-14-9-19-10-15(18)16(14)20-8-7-11-1-3-12(4-2-11)13-5-6-13/h1-4,9-10,13H,5-8H2,(H,19,20). The quantitative estimate of drug-likeness (QED) is 0.894. The fourth-order valence-corrected chi connectivity index (χ4v) is 2.29. The highest BCUT2D eigenvalue weighted by atomic mass is 19.1. The number of nitrogens with one attached hydrogen (secondary N) is 1. The molecule has 0 radical (unpaired) electrons. The van der Waals surface area contributed by atoms with Gasteiger partial charge in [-0.05, 0) is 36.3 Å². The van der Waals surface area contributed by atoms with Gasteiger partial charge in [0.1, 0.15) is 5.69 Å². The molecule has 104 valence electrons. The van der Waals surface area contributed by atoms with Crippen LogP contribution in [0.15, 0.2) is 36.7 Å². The molecule has 0 bridgehead atoms. The first kappa shape index (κ1) is 13.0. The van der Waals surface area contributed by atoms with Gasteiger partial charge in [-0.25, -0.2) is 8.78 Å². The van der Waals surface area contributed by atoms with E-state index in [4.69, 9.17) is 0 Å². The lowest BCUT2D eigenvalue weighted by Gasteiger charge is -2.08. The van der Waals surface area contributed by atoms with Crippen molar-refractivity contribution in [2.75, 3.05) is 11.9 Å². The van der Waals surface area contributed by atoms with E-state index < -0.39 is 11.6 Å². The van der Waals surface area contributed by atoms with Gasteiger partial charge >= 0.3 is 0 Å². The molecule has 1 N–H and O–H groups in total. The van der Waals surface area contributed by atoms with Crippen molar-refractivity contribution in [2.45, 2.75) is 25.2 Å². The van der Waals surface area contributed by atoms with Crippen molar-refractivity contribution in [1.29, 1.82) is 0 Å². The summed E-state index contributed by atoms with van der Waals surface area (Å²) in [6, 6.07) is 8.49. The van der Waals surface area contributed by atoms with E-state index in [9.17, 15) is 8.78 Å². The number of pyridine rings is 1. The Labute approximate surface area is 116 Å². The molecule has 0 amide bonds. The number of benzene rings is 1. The third-order valence-electron chi connectivity index (χ3n) is 3.60. The summed E-state index contributed by atoms with van der Waals surface area (Å²) in [4.78, 5) is 3.45. The molecule has 0 spiro atoms. The van der Waals surface area contributed by atoms with Gasteiger partial charge in [-0.2, -0.15) is 0 Å². The molecule has 1 aromatic carbocycles. The highest BCUT2D eigenvalue weighted by molar-refractivity contribution is 5.44. The molecular weight excluding hydrogens is 258 g/mol. The van der Waals surface area contributed by atoms with E-state index in [1.807, 2.05) is 0 Å². The van der Waals surface area contributed by atoms with Crippen LogP contribution >= 0.6 is 0 Å². The van der Waals surface area contributed by atoms with Crippen LogP contribution < -0.4 is 5.32 Å². The second-order valence-electron chi connectivity index (χ2n) is 5.17. The van der Waals surface area contributed by atoms with E-state index in [0.717, 1.165) is 30.3 Å². The predicted molar refractivity (Wildman–Crippen MR) is 74.8 cm³/mol. The zero-order chi connectivity index (χ0) is 13.9. The largest absolute Gasteiger partial charge is 0.380 e. The molecule has 1 aliphatic carbocycles. The van der Waals surface area contributed by atoms with Gasteiger partial charge < -0.3 is 5.32 Å². The molecule has 2 aromatic rings. The van der Waals surface area contributed by atoms with Crippen LogP contribution in [-0.4, -0.2) is 11.5 Å². The first-order valence-electron chi connectivity index (χ1n) is 6.86. The van der Waals surface area contributed by atoms with Crippen LogP contribution in [-0.2, 0) is 6.42 Å². The van der Waals surface area contributed by atoms with Crippen molar-refractivity contribution in [3.8, 4) is 0 Å². The lowest BCUT2D eigenvalue weighted by atomic mass is 10.1. The summed E-state index contributed by atoms with van der Waals surface area (Å²) in [5.74, 6) is -0.564. The number of hydrogen-bond donors (Lipinski definition) is 1. The van der Waals surface area contributed by atoms with E-state index in [2.05, 4.69) is 34.6 Å². The number of halogens is 2. The number of aromatic nitrogens is 1. The zero-order valence-electron chi connectivity index (χ0n) is 11.1. The maximum atomic E-state index is 13.4. The average molecular weight is 274 g/mol. The molecular formula is C16H16F2N2. The lowest BCUT2D eigenvalue weighted by Crippen LogP contribution is -2.08. The number of anilines is 1. The maximum absolute atomic E-state index is 13.4. The Hall–Kier alpha value is -1.97. The van der Waals surface area contributed by atoms with Gasteiger partial charge in [-0.15, -0.1) is 0 Å². The topological polar surface area (TPSA) is 24.9 Å². The number of rotatable bonds is 5. The fraction of sp³-hybridized carbons (Fsp3) is 0.312. The van der Waals surface area contributed by atoms with Crippen LogP contribution in [0.5, 0.6) is 0 Å². The summed E-state index contributed by atoms with van der Waals surface area (Å²) in [6.07, 6.45) is 5.33. The second kappa shape index (κ2) is 5.57. The van der Waals surface area contributed by atoms with Crippen LogP contribution in [0.1, 0.15) is 29.9 Å². The molecule has 3 rings (SSSR count). The van der Waals surface area contributed by atoms with E-state index in [1.165, 1.54) is 18.4 Å². The average Bonchev–Trinajstić information content (AvgIpc) is 3.27. The first-order valence-corrected chi connectivity index (χ1v) is 6.86. The van der Waals surface area contributed by atoms with Crippen molar-refractivity contribution < 1.29 is 8.78 Å². The molecule has 0 aliphatic heterocycles. The molecule has 0 saturated heterocycles. The molecule has 2 nitrogen and oxygen atoms in total. The summed E-state index contributed by atoms with van der Waals surface area (Å²) >= 11 is 0. The Morgan fingerprint density at radius 2 is 1.70 bits per heavy atom. The molecule has 1 fully saturated rings. The van der Waals surface area contributed by atoms with Gasteiger partial charge in [0.05, 0.1) is 12.4 Å². The maximum Gasteiger partial charge on any atom is 0.167 e. The smallest absolute Gasteiger partial charge is 0.167 e. The van der Waals surface area contributed by atoms with Crippen molar-refractivity contribution in [1.82, 2.24) is 4.98 Å². The van der Waals surface area contributed by atoms with Crippen LogP contribution in [0.4, 0.5) is 14.5 Å². The number of nitrogens with zero attached hydrogens (tertiary/aromatic N) is 1. The van der Waals surface area contributed by atoms with Crippen molar-refractivity contribution in [2.24, 2.45) is 0 Å². The van der Waals surface area contributed by atoms with Gasteiger partial charge in [0.25, 0.3) is 0 Å². The van der Waals surface area contributed by atoms with Gasteiger partial charge in [-0.3, -0.25) is 4.98 Å². The normalized spacial score (nSPS) is 14.3. The van der Waals surface area contributed by atoms with E-state index in [1.54, 1.807) is 0 Å². The Bertz CT molecular complexity index is 572. The summed E-state index contributed by atoms with van der Waals surface area (Å²) in [5, 5.41) is 2.79. The Kier molecular flexibility index (Phi) is 3.63. The SMILES string of the molecule is Fc1cncc(F)c1NCCc1ccc(C2CC2)cc1. The van der Waals surface area contributed by atoms with E-state index in [0.29, 0.717) is 6.54 Å². The van der Waals surface area contributed by atoms with Crippen molar-refractivity contribution in [3.63, 3.8) is 0 Å². The summed E-state index contributed by atoms with van der Waals surface area (Å²) in [5.41, 5.74) is 2.46. The highest BCUT2D eigenvalue weighted by Crippen LogP contribution is 2.39. The van der Waals surface area contributed by atoms with E-state index >= 15 is 0 Å². The highest BCUT2D eigenvalue weighted by Gasteiger charge is 2.22. The molecule has 1 aromatic heterocycles. The fourth-order valence-electron chi connectivity index (χ4n) is 2.29. The second-order valence-corrected chi connectivity index (χ2v) is 5.17. The molecule has 1 heterocycles. The predicted octanol–water partition coefficient (Wildman–Crippen LogP) is 3.89. The van der Waals surface area contributed by atoms with Crippen LogP contribution in [0.3, 0.4) is 0 Å². The first-order chi connectivity index (χ1) is 9.74. The molecule has 1 aliphatic rings. The van der Waals surface area contributed by atoms with Gasteiger partial charge in [0.15, 0.2) is 11.6 Å². The molecule has 1 saturated carbocycles. The summed E-state index contributed by atoms with van der Waals surface area (Å²) in [6.45, 7) is 0.487. The monoisotopic (exact) mass is 274 g/mol. The van der Waals surface area contributed by atoms with Crippen molar-refractivity contribution in [3.05, 3.63) is 59.4 Å². The van der Waals surface area contributed by atoms with Crippen molar-refractivity contribution >= 4 is 5.69 Å². The molecule has 0 atom stereocenters. The minimum Gasteiger partial charge on any atom is -0.380 e. The molecule has 4 heteroatoms. The van der Waals surface area contributed by atoms with Gasteiger partial charge in [0, 0.05) is 6.54 Å². The Balaban J connectivity index is 1.56. The summed E-state index contributed by atoms with van der Waals surface area (Å²) in [7, 11) is 0. The molecule has 0 unspecified atom stereocenters. The minimum absolute atomic E-state index is 0.102. The number of hydrogen-bond acceptors (Lipinski definition) is 2. The van der Waals surface area contributed by atoms with Gasteiger partial charge in [-0.1, -0.05) is 24.3 Å². The molecule has 20 heavy (non-hydrogen) atoms. The van der Waals surface area contributed by atoms with Gasteiger partial charge in [0.2, 0.25) is 0 Å². The third kappa shape index (κ3) is 2.95. The van der Waals surface area contributed by atoms with Crippen LogP contribution in [0.2, 0.25) is 0 Å². The zero-order valence-corrected chi connectivity index (χ0v) is 11.1. The van der Waals surface area contributed by atoms with E-state index in [-0.39, 0.29) is 5.69 Å². The minimum atomic E-state index is -0.658. The van der Waals surface area contributed by atoms with Crippen LogP contribution in [0.25, 0.3) is 0 Å². The Morgan fingerprint density at radius 3 is 2.30 bits per heavy atom. The van der Waals surface area contributed by atoms with Crippen LogP contribution in [0, 0.1) is 11.6 Å². The third-order valence-corrected chi connectivity index (χ3v) is 3.60. The Morgan fingerprint density at radius 1 is 1.05 bits per heavy atom. The summed E-state index contributed by atoms with van der Waals surface area (Å²) < 4.78 is 26.7.